The molecule has 0 atom stereocenters. The molecular weight excluding hydrogens is 273 g/mol. The van der Waals surface area contributed by atoms with Crippen LogP contribution in [0.25, 0.3) is 0 Å². The molecule has 1 amide bonds. The van der Waals surface area contributed by atoms with Crippen molar-refractivity contribution in [2.75, 3.05) is 5.32 Å². The second-order valence-electron chi connectivity index (χ2n) is 4.65. The molecule has 0 aliphatic carbocycles. The summed E-state index contributed by atoms with van der Waals surface area (Å²) in [5.41, 5.74) is 1.62. The number of carbonyl (C=O) groups excluding carboxylic acids is 1. The molecule has 0 saturated heterocycles. The first-order valence-electron chi connectivity index (χ1n) is 6.34. The van der Waals surface area contributed by atoms with E-state index in [0.717, 1.165) is 0 Å². The Bertz CT molecular complexity index is 698. The fourth-order valence-corrected chi connectivity index (χ4v) is 1.95. The van der Waals surface area contributed by atoms with E-state index in [2.05, 4.69) is 5.32 Å². The summed E-state index contributed by atoms with van der Waals surface area (Å²) in [5.74, 6) is -1.81. The molecule has 5 heteroatoms. The largest absolute Gasteiger partial charge is 0.478 e. The Morgan fingerprint density at radius 2 is 1.90 bits per heavy atom. The van der Waals surface area contributed by atoms with Gasteiger partial charge in [-0.05, 0) is 42.3 Å². The summed E-state index contributed by atoms with van der Waals surface area (Å²) in [6.45, 7) is 1.70. The number of nitrogens with one attached hydrogen (secondary N) is 1. The molecule has 2 N–H and O–H groups in total. The summed E-state index contributed by atoms with van der Waals surface area (Å²) in [7, 11) is 0. The molecule has 0 aromatic heterocycles. The Labute approximate surface area is 121 Å². The van der Waals surface area contributed by atoms with Crippen LogP contribution in [0.5, 0.6) is 0 Å². The molecule has 0 unspecified atom stereocenters. The van der Waals surface area contributed by atoms with Gasteiger partial charge in [0.2, 0.25) is 5.91 Å². The molecule has 0 radical (unpaired) electrons. The number of anilines is 1. The molecule has 0 aliphatic heterocycles. The Balaban J connectivity index is 2.10. The maximum atomic E-state index is 13.5. The average Bonchev–Trinajstić information content (AvgIpc) is 2.43. The van der Waals surface area contributed by atoms with E-state index in [-0.39, 0.29) is 17.9 Å². The highest BCUT2D eigenvalue weighted by Gasteiger charge is 2.10. The van der Waals surface area contributed by atoms with Crippen LogP contribution >= 0.6 is 0 Å². The van der Waals surface area contributed by atoms with Crippen molar-refractivity contribution in [3.63, 3.8) is 0 Å². The zero-order valence-corrected chi connectivity index (χ0v) is 11.4. The maximum Gasteiger partial charge on any atom is 0.335 e. The van der Waals surface area contributed by atoms with Crippen molar-refractivity contribution < 1.29 is 19.1 Å². The van der Waals surface area contributed by atoms with E-state index in [1.807, 2.05) is 0 Å². The van der Waals surface area contributed by atoms with Gasteiger partial charge in [-0.1, -0.05) is 18.2 Å². The van der Waals surface area contributed by atoms with Crippen LogP contribution < -0.4 is 5.32 Å². The van der Waals surface area contributed by atoms with Crippen molar-refractivity contribution in [3.8, 4) is 0 Å². The van der Waals surface area contributed by atoms with Gasteiger partial charge in [-0.2, -0.15) is 0 Å². The van der Waals surface area contributed by atoms with Crippen molar-refractivity contribution >= 4 is 17.6 Å². The zero-order valence-electron chi connectivity index (χ0n) is 11.4. The lowest BCUT2D eigenvalue weighted by Gasteiger charge is -2.09. The maximum absolute atomic E-state index is 13.5. The second-order valence-corrected chi connectivity index (χ2v) is 4.65. The highest BCUT2D eigenvalue weighted by atomic mass is 19.1. The van der Waals surface area contributed by atoms with E-state index in [9.17, 15) is 14.0 Å². The third kappa shape index (κ3) is 3.66. The Morgan fingerprint density at radius 1 is 1.19 bits per heavy atom. The lowest BCUT2D eigenvalue weighted by Crippen LogP contribution is -2.16. The number of carboxylic acid groups (broad SMARTS) is 1. The molecule has 2 rings (SSSR count). The van der Waals surface area contributed by atoms with Crippen LogP contribution in [0.4, 0.5) is 10.1 Å². The molecule has 0 saturated carbocycles. The van der Waals surface area contributed by atoms with Crippen molar-refractivity contribution in [3.05, 3.63) is 65.0 Å². The zero-order chi connectivity index (χ0) is 15.4. The van der Waals surface area contributed by atoms with Crippen molar-refractivity contribution in [1.82, 2.24) is 0 Å². The van der Waals surface area contributed by atoms with Crippen LogP contribution in [0.15, 0.2) is 42.5 Å². The Morgan fingerprint density at radius 3 is 2.52 bits per heavy atom. The smallest absolute Gasteiger partial charge is 0.335 e. The third-order valence-electron chi connectivity index (χ3n) is 3.06. The minimum Gasteiger partial charge on any atom is -0.478 e. The highest BCUT2D eigenvalue weighted by Crippen LogP contribution is 2.17. The summed E-state index contributed by atoms with van der Waals surface area (Å²) in [5, 5.41) is 11.5. The first-order valence-corrected chi connectivity index (χ1v) is 6.34. The number of hydrogen-bond acceptors (Lipinski definition) is 2. The van der Waals surface area contributed by atoms with E-state index in [1.165, 1.54) is 24.3 Å². The fourth-order valence-electron chi connectivity index (χ4n) is 1.95. The number of halogens is 1. The fraction of sp³-hybridized carbons (Fsp3) is 0.125. The molecule has 0 fully saturated rings. The summed E-state index contributed by atoms with van der Waals surface area (Å²) in [4.78, 5) is 22.7. The Hall–Kier alpha value is -2.69. The van der Waals surface area contributed by atoms with Gasteiger partial charge >= 0.3 is 5.97 Å². The number of amides is 1. The standard InChI is InChI=1S/C16H14FNO3/c1-10-8-12(16(20)21)6-7-14(10)18-15(19)9-11-4-2-3-5-13(11)17/h2-8H,9H2,1H3,(H,18,19)(H,20,21). The molecule has 21 heavy (non-hydrogen) atoms. The normalized spacial score (nSPS) is 10.2. The molecule has 4 nitrogen and oxygen atoms in total. The van der Waals surface area contributed by atoms with Crippen molar-refractivity contribution in [2.24, 2.45) is 0 Å². The average molecular weight is 287 g/mol. The van der Waals surface area contributed by atoms with E-state index in [0.29, 0.717) is 16.8 Å². The summed E-state index contributed by atoms with van der Waals surface area (Å²) < 4.78 is 13.5. The van der Waals surface area contributed by atoms with Crippen LogP contribution in [0.2, 0.25) is 0 Å². The van der Waals surface area contributed by atoms with Gasteiger partial charge in [0.1, 0.15) is 5.82 Å². The van der Waals surface area contributed by atoms with Gasteiger partial charge in [-0.3, -0.25) is 4.79 Å². The van der Waals surface area contributed by atoms with Gasteiger partial charge in [0.05, 0.1) is 12.0 Å². The minimum atomic E-state index is -1.03. The lowest BCUT2D eigenvalue weighted by atomic mass is 10.1. The topological polar surface area (TPSA) is 66.4 Å². The van der Waals surface area contributed by atoms with E-state index < -0.39 is 11.8 Å². The molecular formula is C16H14FNO3. The highest BCUT2D eigenvalue weighted by molar-refractivity contribution is 5.94. The molecule has 0 spiro atoms. The van der Waals surface area contributed by atoms with Crippen molar-refractivity contribution in [2.45, 2.75) is 13.3 Å². The van der Waals surface area contributed by atoms with Gasteiger partial charge < -0.3 is 10.4 Å². The Kier molecular flexibility index (Phi) is 4.33. The molecule has 0 heterocycles. The quantitative estimate of drug-likeness (QED) is 0.908. The van der Waals surface area contributed by atoms with Crippen LogP contribution in [-0.4, -0.2) is 17.0 Å². The summed E-state index contributed by atoms with van der Waals surface area (Å²) in [6, 6.07) is 10.5. The van der Waals surface area contributed by atoms with E-state index >= 15 is 0 Å². The number of aryl methyl sites for hydroxylation is 1. The monoisotopic (exact) mass is 287 g/mol. The predicted molar refractivity (Wildman–Crippen MR) is 76.9 cm³/mol. The SMILES string of the molecule is Cc1cc(C(=O)O)ccc1NC(=O)Cc1ccccc1F. The third-order valence-corrected chi connectivity index (χ3v) is 3.06. The molecule has 2 aromatic rings. The number of carbonyl (C=O) groups is 2. The van der Waals surface area contributed by atoms with Crippen LogP contribution in [0, 0.1) is 12.7 Å². The van der Waals surface area contributed by atoms with Crippen LogP contribution in [0.1, 0.15) is 21.5 Å². The molecule has 0 bridgehead atoms. The van der Waals surface area contributed by atoms with Crippen molar-refractivity contribution in [1.29, 1.82) is 0 Å². The molecule has 2 aromatic carbocycles. The number of hydrogen-bond donors (Lipinski definition) is 2. The van der Waals surface area contributed by atoms with Gasteiger partial charge in [0, 0.05) is 5.69 Å². The number of rotatable bonds is 4. The van der Waals surface area contributed by atoms with Gasteiger partial charge in [0.15, 0.2) is 0 Å². The van der Waals surface area contributed by atoms with E-state index in [1.54, 1.807) is 25.1 Å². The van der Waals surface area contributed by atoms with Gasteiger partial charge in [0.25, 0.3) is 0 Å². The van der Waals surface area contributed by atoms with Gasteiger partial charge in [-0.15, -0.1) is 0 Å². The second kappa shape index (κ2) is 6.17. The van der Waals surface area contributed by atoms with Gasteiger partial charge in [-0.25, -0.2) is 9.18 Å². The van der Waals surface area contributed by atoms with Crippen LogP contribution in [-0.2, 0) is 11.2 Å². The summed E-state index contributed by atoms with van der Waals surface area (Å²) in [6.07, 6.45) is -0.0766. The minimum absolute atomic E-state index is 0.0766. The number of carboxylic acids is 1. The van der Waals surface area contributed by atoms with E-state index in [4.69, 9.17) is 5.11 Å². The van der Waals surface area contributed by atoms with Crippen LogP contribution in [0.3, 0.4) is 0 Å². The number of aromatic carboxylic acids is 1. The first kappa shape index (κ1) is 14.7. The summed E-state index contributed by atoms with van der Waals surface area (Å²) >= 11 is 0. The predicted octanol–water partition coefficient (Wildman–Crippen LogP) is 3.01. The lowest BCUT2D eigenvalue weighted by molar-refractivity contribution is -0.115. The molecule has 108 valence electrons. The first-order chi connectivity index (χ1) is 9.97. The number of benzene rings is 2. The molecule has 0 aliphatic rings.